The third kappa shape index (κ3) is 2.05. The largest absolute Gasteiger partial charge is 0.502 e. The van der Waals surface area contributed by atoms with Gasteiger partial charge in [0.05, 0.1) is 5.69 Å². The Labute approximate surface area is 68.0 Å². The quantitative estimate of drug-likeness (QED) is 0.492. The molecule has 5 nitrogen and oxygen atoms in total. The lowest BCUT2D eigenvalue weighted by molar-refractivity contribution is -0.135. The van der Waals surface area contributed by atoms with Crippen LogP contribution in [0.2, 0.25) is 0 Å². The van der Waals surface area contributed by atoms with Crippen LogP contribution in [0.4, 0.5) is 0 Å². The number of aliphatic carboxylic acids is 1. The Hall–Kier alpha value is -1.91. The van der Waals surface area contributed by atoms with Gasteiger partial charge in [-0.05, 0) is 6.07 Å². The van der Waals surface area contributed by atoms with E-state index in [0.29, 0.717) is 5.69 Å². The molecule has 0 saturated carbocycles. The minimum Gasteiger partial charge on any atom is -0.502 e. The Balaban J connectivity index is 2.89. The van der Waals surface area contributed by atoms with E-state index in [-0.39, 0.29) is 0 Å². The Morgan fingerprint density at radius 3 is 2.75 bits per heavy atom. The molecule has 0 aliphatic carbocycles. The lowest BCUT2D eigenvalue weighted by Gasteiger charge is -1.91. The first-order valence-electron chi connectivity index (χ1n) is 3.10. The summed E-state index contributed by atoms with van der Waals surface area (Å²) >= 11 is 0. The summed E-state index contributed by atoms with van der Waals surface area (Å²) in [4.78, 5) is 17.5. The van der Waals surface area contributed by atoms with Gasteiger partial charge in [0.25, 0.3) is 0 Å². The number of carboxylic acids is 1. The van der Waals surface area contributed by atoms with Crippen LogP contribution in [0, 0.1) is 0 Å². The van der Waals surface area contributed by atoms with E-state index in [0.717, 1.165) is 6.08 Å². The van der Waals surface area contributed by atoms with Crippen molar-refractivity contribution in [2.45, 2.75) is 0 Å². The Kier molecular flexibility index (Phi) is 2.37. The number of aromatic nitrogens is 2. The third-order valence-electron chi connectivity index (χ3n) is 1.11. The van der Waals surface area contributed by atoms with Crippen LogP contribution in [0.5, 0.6) is 0 Å². The SMILES string of the molecule is O=C(O)/C(O)=C/c1ccncn1. The Bertz CT molecular complexity index is 308. The van der Waals surface area contributed by atoms with E-state index in [1.165, 1.54) is 18.6 Å². The molecular formula is C7H6N2O3. The Morgan fingerprint density at radius 1 is 1.50 bits per heavy atom. The molecule has 0 unspecified atom stereocenters. The zero-order valence-electron chi connectivity index (χ0n) is 6.01. The van der Waals surface area contributed by atoms with Gasteiger partial charge >= 0.3 is 5.97 Å². The van der Waals surface area contributed by atoms with Gasteiger partial charge in [0.1, 0.15) is 6.33 Å². The fourth-order valence-corrected chi connectivity index (χ4v) is 0.588. The number of nitrogens with zero attached hydrogens (tertiary/aromatic N) is 2. The molecule has 1 aromatic heterocycles. The van der Waals surface area contributed by atoms with Gasteiger partial charge in [0.2, 0.25) is 5.76 Å². The smallest absolute Gasteiger partial charge is 0.371 e. The predicted molar refractivity (Wildman–Crippen MR) is 40.3 cm³/mol. The van der Waals surface area contributed by atoms with Gasteiger partial charge in [-0.3, -0.25) is 0 Å². The second-order valence-electron chi connectivity index (χ2n) is 1.97. The van der Waals surface area contributed by atoms with Gasteiger partial charge in [0.15, 0.2) is 0 Å². The maximum absolute atomic E-state index is 10.1. The van der Waals surface area contributed by atoms with Gasteiger partial charge in [-0.2, -0.15) is 0 Å². The molecule has 2 N–H and O–H groups in total. The average Bonchev–Trinajstić information content (AvgIpc) is 2.06. The van der Waals surface area contributed by atoms with Crippen LogP contribution in [0.25, 0.3) is 6.08 Å². The van der Waals surface area contributed by atoms with E-state index in [4.69, 9.17) is 10.2 Å². The van der Waals surface area contributed by atoms with E-state index in [1.807, 2.05) is 0 Å². The summed E-state index contributed by atoms with van der Waals surface area (Å²) in [6.07, 6.45) is 3.76. The highest BCUT2D eigenvalue weighted by atomic mass is 16.4. The normalized spacial score (nSPS) is 11.2. The summed E-state index contributed by atoms with van der Waals surface area (Å²) in [5.41, 5.74) is 0.352. The molecule has 62 valence electrons. The fraction of sp³-hybridized carbons (Fsp3) is 0. The standard InChI is InChI=1S/C7H6N2O3/c10-6(7(11)12)3-5-1-2-8-4-9-5/h1-4,10H,(H,11,12)/b6-3-. The molecule has 1 rings (SSSR count). The predicted octanol–water partition coefficient (Wildman–Crippen LogP) is 0.460. The molecule has 0 fully saturated rings. The molecule has 0 aromatic carbocycles. The molecule has 1 heterocycles. The number of aliphatic hydroxyl groups is 1. The monoisotopic (exact) mass is 166 g/mol. The zero-order chi connectivity index (χ0) is 8.97. The van der Waals surface area contributed by atoms with Crippen molar-refractivity contribution in [3.8, 4) is 0 Å². The second kappa shape index (κ2) is 3.47. The molecule has 5 heteroatoms. The van der Waals surface area contributed by atoms with Crippen molar-refractivity contribution in [2.75, 3.05) is 0 Å². The van der Waals surface area contributed by atoms with Crippen molar-refractivity contribution in [3.63, 3.8) is 0 Å². The van der Waals surface area contributed by atoms with Crippen molar-refractivity contribution >= 4 is 12.0 Å². The van der Waals surface area contributed by atoms with Crippen molar-refractivity contribution in [2.24, 2.45) is 0 Å². The molecule has 0 amide bonds. The molecule has 12 heavy (non-hydrogen) atoms. The van der Waals surface area contributed by atoms with Crippen LogP contribution in [-0.4, -0.2) is 26.2 Å². The summed E-state index contributed by atoms with van der Waals surface area (Å²) in [6, 6.07) is 1.49. The molecule has 0 atom stereocenters. The number of aliphatic hydroxyl groups excluding tert-OH is 1. The van der Waals surface area contributed by atoms with E-state index in [9.17, 15) is 4.79 Å². The first kappa shape index (κ1) is 8.19. The molecule has 0 saturated heterocycles. The molecule has 0 aliphatic heterocycles. The van der Waals surface area contributed by atoms with Gasteiger partial charge in [-0.1, -0.05) is 0 Å². The van der Waals surface area contributed by atoms with Crippen LogP contribution in [0.1, 0.15) is 5.69 Å². The van der Waals surface area contributed by atoms with Gasteiger partial charge in [-0.15, -0.1) is 0 Å². The number of hydrogen-bond acceptors (Lipinski definition) is 4. The van der Waals surface area contributed by atoms with Crippen LogP contribution < -0.4 is 0 Å². The summed E-state index contributed by atoms with van der Waals surface area (Å²) in [7, 11) is 0. The van der Waals surface area contributed by atoms with Crippen molar-refractivity contribution < 1.29 is 15.0 Å². The molecular weight excluding hydrogens is 160 g/mol. The highest BCUT2D eigenvalue weighted by molar-refractivity contribution is 5.88. The van der Waals surface area contributed by atoms with E-state index < -0.39 is 11.7 Å². The maximum atomic E-state index is 10.1. The first-order valence-corrected chi connectivity index (χ1v) is 3.10. The second-order valence-corrected chi connectivity index (χ2v) is 1.97. The average molecular weight is 166 g/mol. The number of hydrogen-bond donors (Lipinski definition) is 2. The number of carbonyl (C=O) groups is 1. The number of carboxylic acid groups (broad SMARTS) is 1. The minimum atomic E-state index is -1.38. The van der Waals surface area contributed by atoms with E-state index in [1.54, 1.807) is 0 Å². The fourth-order valence-electron chi connectivity index (χ4n) is 0.588. The summed E-state index contributed by atoms with van der Waals surface area (Å²) in [5.74, 6) is -2.12. The van der Waals surface area contributed by atoms with Gasteiger partial charge < -0.3 is 10.2 Å². The summed E-state index contributed by atoms with van der Waals surface area (Å²) < 4.78 is 0. The van der Waals surface area contributed by atoms with E-state index in [2.05, 4.69) is 9.97 Å². The van der Waals surface area contributed by atoms with Crippen LogP contribution in [0.15, 0.2) is 24.3 Å². The summed E-state index contributed by atoms with van der Waals surface area (Å²) in [6.45, 7) is 0. The molecule has 0 aliphatic rings. The first-order chi connectivity index (χ1) is 5.70. The third-order valence-corrected chi connectivity index (χ3v) is 1.11. The maximum Gasteiger partial charge on any atom is 0.371 e. The molecule has 0 spiro atoms. The number of rotatable bonds is 2. The Morgan fingerprint density at radius 2 is 2.25 bits per heavy atom. The highest BCUT2D eigenvalue weighted by Gasteiger charge is 2.02. The lowest BCUT2D eigenvalue weighted by atomic mass is 10.3. The van der Waals surface area contributed by atoms with Crippen LogP contribution >= 0.6 is 0 Å². The topological polar surface area (TPSA) is 83.3 Å². The molecule has 0 bridgehead atoms. The van der Waals surface area contributed by atoms with Crippen molar-refractivity contribution in [3.05, 3.63) is 30.0 Å². The van der Waals surface area contributed by atoms with Crippen molar-refractivity contribution in [1.29, 1.82) is 0 Å². The van der Waals surface area contributed by atoms with E-state index >= 15 is 0 Å². The van der Waals surface area contributed by atoms with Crippen LogP contribution in [-0.2, 0) is 4.79 Å². The molecule has 0 radical (unpaired) electrons. The van der Waals surface area contributed by atoms with Gasteiger partial charge in [0, 0.05) is 12.3 Å². The summed E-state index contributed by atoms with van der Waals surface area (Å²) in [5, 5.41) is 17.1. The minimum absolute atomic E-state index is 0.352. The zero-order valence-corrected chi connectivity index (χ0v) is 6.01. The highest BCUT2D eigenvalue weighted by Crippen LogP contribution is 1.99. The van der Waals surface area contributed by atoms with Crippen molar-refractivity contribution in [1.82, 2.24) is 9.97 Å². The van der Waals surface area contributed by atoms with Crippen LogP contribution in [0.3, 0.4) is 0 Å². The lowest BCUT2D eigenvalue weighted by Crippen LogP contribution is -1.98. The van der Waals surface area contributed by atoms with Gasteiger partial charge in [-0.25, -0.2) is 14.8 Å². The molecule has 1 aromatic rings.